The number of aliphatic hydroxyl groups excluding tert-OH is 1. The summed E-state index contributed by atoms with van der Waals surface area (Å²) in [6, 6.07) is 0. The molecule has 0 rings (SSSR count). The zero-order chi connectivity index (χ0) is 63.9. The van der Waals surface area contributed by atoms with Gasteiger partial charge >= 0.3 is 39.5 Å². The number of aliphatic hydroxyl groups is 1. The Morgan fingerprint density at radius 1 is 0.291 bits per heavy atom. The standard InChI is InChI=1S/C67H130O17P2/c1-57(2)43-35-27-19-13-9-11-15-22-31-39-47-64(69)77-53-62(83-66(71)49-41-33-24-16-12-10-14-20-28-36-44-58(3)4)55-81-85(73,74)79-51-61(68)52-80-86(75,76)82-56-63(84-67(72)50-42-34-26-25-30-38-46-60(7)8)54-78-65(70)48-40-32-23-18-17-21-29-37-45-59(5)6/h57-63,68H,9-56H2,1-8H3,(H,73,74)(H,75,76)/t61?,62-,63-/m1/s1. The molecule has 0 aromatic carbocycles. The number of carbonyl (C=O) groups is 4. The molecular weight excluding hydrogens is 1140 g/mol. The minimum atomic E-state index is -4.95. The van der Waals surface area contributed by atoms with E-state index in [9.17, 15) is 43.2 Å². The Balaban J connectivity index is 5.25. The van der Waals surface area contributed by atoms with E-state index in [0.29, 0.717) is 31.6 Å². The molecule has 0 aromatic rings. The molecule has 0 bridgehead atoms. The molecule has 0 heterocycles. The average molecular weight is 1270 g/mol. The second-order valence-electron chi connectivity index (χ2n) is 26.1. The van der Waals surface area contributed by atoms with Crippen molar-refractivity contribution in [3.05, 3.63) is 0 Å². The molecule has 86 heavy (non-hydrogen) atoms. The summed E-state index contributed by atoms with van der Waals surface area (Å²) in [4.78, 5) is 72.3. The predicted molar refractivity (Wildman–Crippen MR) is 344 cm³/mol. The minimum Gasteiger partial charge on any atom is -0.462 e. The third kappa shape index (κ3) is 60.9. The topological polar surface area (TPSA) is 237 Å². The second-order valence-corrected chi connectivity index (χ2v) is 29.0. The van der Waals surface area contributed by atoms with Crippen LogP contribution in [0.4, 0.5) is 0 Å². The van der Waals surface area contributed by atoms with Crippen LogP contribution in [0.25, 0.3) is 0 Å². The van der Waals surface area contributed by atoms with E-state index in [-0.39, 0.29) is 25.7 Å². The molecule has 19 heteroatoms. The quantitative estimate of drug-likeness (QED) is 0.0222. The summed E-state index contributed by atoms with van der Waals surface area (Å²) in [7, 11) is -9.90. The van der Waals surface area contributed by atoms with Crippen LogP contribution in [0.1, 0.15) is 325 Å². The van der Waals surface area contributed by atoms with Crippen LogP contribution in [-0.2, 0) is 65.4 Å². The number of phosphoric acid groups is 2. The molecule has 0 saturated carbocycles. The molecule has 0 aliphatic carbocycles. The van der Waals surface area contributed by atoms with Gasteiger partial charge in [0.05, 0.1) is 26.4 Å². The molecule has 0 fully saturated rings. The summed E-state index contributed by atoms with van der Waals surface area (Å²) in [6.45, 7) is 14.0. The molecule has 510 valence electrons. The maximum atomic E-state index is 13.0. The molecule has 0 saturated heterocycles. The van der Waals surface area contributed by atoms with E-state index in [0.717, 1.165) is 108 Å². The van der Waals surface area contributed by atoms with Crippen molar-refractivity contribution in [2.75, 3.05) is 39.6 Å². The van der Waals surface area contributed by atoms with Gasteiger partial charge < -0.3 is 33.8 Å². The first-order valence-corrected chi connectivity index (χ1v) is 37.7. The van der Waals surface area contributed by atoms with Gasteiger partial charge in [-0.25, -0.2) is 9.13 Å². The average Bonchev–Trinajstić information content (AvgIpc) is 3.67. The Labute approximate surface area is 524 Å². The lowest BCUT2D eigenvalue weighted by atomic mass is 10.0. The van der Waals surface area contributed by atoms with Crippen molar-refractivity contribution in [3.8, 4) is 0 Å². The van der Waals surface area contributed by atoms with Crippen molar-refractivity contribution in [1.82, 2.24) is 0 Å². The van der Waals surface area contributed by atoms with Gasteiger partial charge in [-0.2, -0.15) is 0 Å². The molecule has 0 aromatic heterocycles. The Hall–Kier alpha value is -1.94. The van der Waals surface area contributed by atoms with Crippen LogP contribution in [0.2, 0.25) is 0 Å². The first-order chi connectivity index (χ1) is 41.1. The monoisotopic (exact) mass is 1270 g/mol. The van der Waals surface area contributed by atoms with Crippen molar-refractivity contribution in [2.45, 2.75) is 343 Å². The molecule has 0 spiro atoms. The van der Waals surface area contributed by atoms with Crippen LogP contribution in [-0.4, -0.2) is 96.7 Å². The van der Waals surface area contributed by atoms with Gasteiger partial charge in [0.2, 0.25) is 0 Å². The number of unbranched alkanes of at least 4 members (excludes halogenated alkanes) is 30. The number of phosphoric ester groups is 2. The summed E-state index contributed by atoms with van der Waals surface area (Å²) >= 11 is 0. The number of rotatable bonds is 64. The fraction of sp³-hybridized carbons (Fsp3) is 0.940. The summed E-state index contributed by atoms with van der Waals surface area (Å²) in [6.07, 6.45) is 37.8. The lowest BCUT2D eigenvalue weighted by Gasteiger charge is -2.21. The van der Waals surface area contributed by atoms with Crippen molar-refractivity contribution in [1.29, 1.82) is 0 Å². The SMILES string of the molecule is CC(C)CCCCCCCCCCCCC(=O)OC[C@H](COP(=O)(O)OCC(O)COP(=O)(O)OC[C@@H](COC(=O)CCCCCCCCCCC(C)C)OC(=O)CCCCCCCCC(C)C)OC(=O)CCCCCCCCCCCCC(C)C. The molecule has 3 N–H and O–H groups in total. The Kier molecular flexibility index (Phi) is 55.7. The van der Waals surface area contributed by atoms with E-state index in [4.69, 9.17) is 37.0 Å². The molecule has 0 amide bonds. The van der Waals surface area contributed by atoms with Crippen LogP contribution in [0.3, 0.4) is 0 Å². The Morgan fingerprint density at radius 3 is 0.721 bits per heavy atom. The minimum absolute atomic E-state index is 0.101. The smallest absolute Gasteiger partial charge is 0.462 e. The molecular formula is C67H130O17P2. The zero-order valence-electron chi connectivity index (χ0n) is 55.9. The summed E-state index contributed by atoms with van der Waals surface area (Å²) in [5, 5.41) is 10.6. The highest BCUT2D eigenvalue weighted by atomic mass is 31.2. The van der Waals surface area contributed by atoms with Gasteiger partial charge in [-0.1, -0.05) is 274 Å². The van der Waals surface area contributed by atoms with Gasteiger partial charge in [-0.05, 0) is 49.4 Å². The number of hydrogen-bond acceptors (Lipinski definition) is 15. The fourth-order valence-electron chi connectivity index (χ4n) is 9.96. The largest absolute Gasteiger partial charge is 0.472 e. The second kappa shape index (κ2) is 57.0. The van der Waals surface area contributed by atoms with Gasteiger partial charge in [-0.3, -0.25) is 37.3 Å². The number of hydrogen-bond donors (Lipinski definition) is 3. The lowest BCUT2D eigenvalue weighted by molar-refractivity contribution is -0.161. The maximum absolute atomic E-state index is 13.0. The van der Waals surface area contributed by atoms with E-state index >= 15 is 0 Å². The fourth-order valence-corrected chi connectivity index (χ4v) is 11.5. The zero-order valence-corrected chi connectivity index (χ0v) is 57.7. The first kappa shape index (κ1) is 84.1. The van der Waals surface area contributed by atoms with Gasteiger partial charge in [0, 0.05) is 25.7 Å². The van der Waals surface area contributed by atoms with E-state index in [1.807, 2.05) is 0 Å². The number of ether oxygens (including phenoxy) is 4. The van der Waals surface area contributed by atoms with Crippen molar-refractivity contribution >= 4 is 39.5 Å². The molecule has 5 atom stereocenters. The van der Waals surface area contributed by atoms with E-state index in [2.05, 4.69) is 55.4 Å². The van der Waals surface area contributed by atoms with Crippen LogP contribution < -0.4 is 0 Å². The summed E-state index contributed by atoms with van der Waals surface area (Å²) in [5.74, 6) is 0.768. The molecule has 0 radical (unpaired) electrons. The highest BCUT2D eigenvalue weighted by Gasteiger charge is 2.30. The van der Waals surface area contributed by atoms with E-state index in [1.54, 1.807) is 0 Å². The normalized spacial score (nSPS) is 14.4. The van der Waals surface area contributed by atoms with Crippen LogP contribution >= 0.6 is 15.6 Å². The van der Waals surface area contributed by atoms with Gasteiger partial charge in [0.25, 0.3) is 0 Å². The van der Waals surface area contributed by atoms with E-state index < -0.39 is 97.5 Å². The highest BCUT2D eigenvalue weighted by molar-refractivity contribution is 7.47. The lowest BCUT2D eigenvalue weighted by Crippen LogP contribution is -2.30. The van der Waals surface area contributed by atoms with Crippen LogP contribution in [0.15, 0.2) is 0 Å². The first-order valence-electron chi connectivity index (χ1n) is 34.7. The van der Waals surface area contributed by atoms with Crippen molar-refractivity contribution < 1.29 is 80.2 Å². The highest BCUT2D eigenvalue weighted by Crippen LogP contribution is 2.45. The van der Waals surface area contributed by atoms with Crippen LogP contribution in [0.5, 0.6) is 0 Å². The Morgan fingerprint density at radius 2 is 0.488 bits per heavy atom. The van der Waals surface area contributed by atoms with E-state index in [1.165, 1.54) is 128 Å². The molecule has 0 aliphatic rings. The van der Waals surface area contributed by atoms with Crippen molar-refractivity contribution in [3.63, 3.8) is 0 Å². The molecule has 17 nitrogen and oxygen atoms in total. The van der Waals surface area contributed by atoms with Crippen molar-refractivity contribution in [2.24, 2.45) is 23.7 Å². The third-order valence-electron chi connectivity index (χ3n) is 15.3. The number of esters is 4. The summed E-state index contributed by atoms with van der Waals surface area (Å²) < 4.78 is 68.1. The molecule has 0 aliphatic heterocycles. The Bertz CT molecular complexity index is 1710. The summed E-state index contributed by atoms with van der Waals surface area (Å²) in [5.41, 5.74) is 0. The van der Waals surface area contributed by atoms with Gasteiger partial charge in [0.1, 0.15) is 19.3 Å². The third-order valence-corrected chi connectivity index (χ3v) is 17.2. The molecule has 3 unspecified atom stereocenters. The maximum Gasteiger partial charge on any atom is 0.472 e. The number of carbonyl (C=O) groups excluding carboxylic acids is 4. The predicted octanol–water partition coefficient (Wildman–Crippen LogP) is 18.5. The van der Waals surface area contributed by atoms with Gasteiger partial charge in [-0.15, -0.1) is 0 Å². The van der Waals surface area contributed by atoms with Crippen LogP contribution in [0, 0.1) is 23.7 Å². The van der Waals surface area contributed by atoms with Gasteiger partial charge in [0.15, 0.2) is 12.2 Å².